The standard InChI is InChI=1S/C17H21NO6S/c1-3-4-5-6-7-10(2)24-13-9-14-11(8-12(13)18(22)23)15(19)16(25-14)17(20)21/h8-10,19H,3-7H2,1-2H3,(H,20,21)/t10-/m1/s1. The zero-order valence-electron chi connectivity index (χ0n) is 14.2. The molecule has 0 aliphatic heterocycles. The van der Waals surface area contributed by atoms with Crippen LogP contribution in [-0.2, 0) is 0 Å². The first-order valence-electron chi connectivity index (χ1n) is 8.19. The van der Waals surface area contributed by atoms with E-state index in [1.54, 1.807) is 0 Å². The average molecular weight is 367 g/mol. The Labute approximate surface area is 149 Å². The van der Waals surface area contributed by atoms with Crippen LogP contribution in [0.4, 0.5) is 5.69 Å². The molecular formula is C17H21NO6S. The maximum atomic E-state index is 11.3. The van der Waals surface area contributed by atoms with Crippen molar-refractivity contribution in [2.24, 2.45) is 0 Å². The molecule has 0 aliphatic carbocycles. The number of nitro groups is 1. The molecule has 0 spiro atoms. The molecule has 0 saturated heterocycles. The Balaban J connectivity index is 2.30. The number of rotatable bonds is 9. The quantitative estimate of drug-likeness (QED) is 0.368. The Hall–Kier alpha value is -2.35. The molecule has 2 aromatic rings. The van der Waals surface area contributed by atoms with Crippen molar-refractivity contribution in [1.29, 1.82) is 0 Å². The highest BCUT2D eigenvalue weighted by Gasteiger charge is 2.24. The molecule has 25 heavy (non-hydrogen) atoms. The molecule has 1 aromatic heterocycles. The van der Waals surface area contributed by atoms with Gasteiger partial charge in [-0.2, -0.15) is 0 Å². The second-order valence-electron chi connectivity index (χ2n) is 5.94. The molecule has 1 aromatic carbocycles. The van der Waals surface area contributed by atoms with Gasteiger partial charge in [-0.1, -0.05) is 26.2 Å². The highest BCUT2D eigenvalue weighted by Crippen LogP contribution is 2.43. The lowest BCUT2D eigenvalue weighted by atomic mass is 10.1. The molecule has 2 rings (SSSR count). The van der Waals surface area contributed by atoms with Crippen molar-refractivity contribution in [3.63, 3.8) is 0 Å². The second-order valence-corrected chi connectivity index (χ2v) is 6.99. The van der Waals surface area contributed by atoms with Crippen molar-refractivity contribution >= 4 is 33.1 Å². The lowest BCUT2D eigenvalue weighted by Crippen LogP contribution is -2.12. The van der Waals surface area contributed by atoms with Crippen molar-refractivity contribution in [2.45, 2.75) is 52.1 Å². The fraction of sp³-hybridized carbons (Fsp3) is 0.471. The minimum Gasteiger partial charge on any atom is -0.505 e. The number of hydrogen-bond donors (Lipinski definition) is 2. The van der Waals surface area contributed by atoms with Crippen LogP contribution in [0.3, 0.4) is 0 Å². The van der Waals surface area contributed by atoms with Crippen LogP contribution in [0.2, 0.25) is 0 Å². The molecule has 8 heteroatoms. The van der Waals surface area contributed by atoms with E-state index in [-0.39, 0.29) is 27.8 Å². The summed E-state index contributed by atoms with van der Waals surface area (Å²) in [7, 11) is 0. The van der Waals surface area contributed by atoms with Crippen LogP contribution in [0.5, 0.6) is 11.5 Å². The zero-order valence-corrected chi connectivity index (χ0v) is 15.0. The van der Waals surface area contributed by atoms with Gasteiger partial charge in [0.05, 0.1) is 11.0 Å². The fourth-order valence-electron chi connectivity index (χ4n) is 2.62. The summed E-state index contributed by atoms with van der Waals surface area (Å²) < 4.78 is 6.18. The molecule has 1 heterocycles. The second kappa shape index (κ2) is 8.15. The monoisotopic (exact) mass is 367 g/mol. The number of unbranched alkanes of at least 4 members (excludes halogenated alkanes) is 3. The van der Waals surface area contributed by atoms with Crippen LogP contribution >= 0.6 is 11.3 Å². The predicted molar refractivity (Wildman–Crippen MR) is 96.0 cm³/mol. The third-order valence-corrected chi connectivity index (χ3v) is 5.06. The van der Waals surface area contributed by atoms with Gasteiger partial charge in [0, 0.05) is 22.2 Å². The number of carboxylic acid groups (broad SMARTS) is 1. The van der Waals surface area contributed by atoms with E-state index in [9.17, 15) is 20.0 Å². The van der Waals surface area contributed by atoms with Gasteiger partial charge in [-0.25, -0.2) is 4.79 Å². The largest absolute Gasteiger partial charge is 0.505 e. The highest BCUT2D eigenvalue weighted by atomic mass is 32.1. The van der Waals surface area contributed by atoms with Crippen LogP contribution in [0.15, 0.2) is 12.1 Å². The molecule has 0 fully saturated rings. The first kappa shape index (κ1) is 19.0. The highest BCUT2D eigenvalue weighted by molar-refractivity contribution is 7.21. The Bertz CT molecular complexity index is 785. The van der Waals surface area contributed by atoms with E-state index in [2.05, 4.69) is 6.92 Å². The van der Waals surface area contributed by atoms with Gasteiger partial charge in [0.25, 0.3) is 0 Å². The van der Waals surface area contributed by atoms with E-state index in [4.69, 9.17) is 9.84 Å². The number of carboxylic acids is 1. The Morgan fingerprint density at radius 1 is 1.36 bits per heavy atom. The molecule has 7 nitrogen and oxygen atoms in total. The summed E-state index contributed by atoms with van der Waals surface area (Å²) >= 11 is 0.866. The predicted octanol–water partition coefficient (Wildman–Crippen LogP) is 4.95. The number of benzene rings is 1. The molecule has 0 saturated carbocycles. The molecule has 0 bridgehead atoms. The Morgan fingerprint density at radius 3 is 2.68 bits per heavy atom. The summed E-state index contributed by atoms with van der Waals surface area (Å²) in [6.07, 6.45) is 4.93. The van der Waals surface area contributed by atoms with Crippen LogP contribution in [0.25, 0.3) is 10.1 Å². The van der Waals surface area contributed by atoms with Gasteiger partial charge < -0.3 is 14.9 Å². The maximum Gasteiger partial charge on any atom is 0.349 e. The molecule has 1 atom stereocenters. The number of ether oxygens (including phenoxy) is 1. The van der Waals surface area contributed by atoms with Crippen molar-refractivity contribution in [3.05, 3.63) is 27.1 Å². The number of carbonyl (C=O) groups is 1. The minimum atomic E-state index is -1.27. The SMILES string of the molecule is CCCCCC[C@@H](C)Oc1cc2sc(C(=O)O)c(O)c2cc1[N+](=O)[O-]. The van der Waals surface area contributed by atoms with Crippen molar-refractivity contribution in [2.75, 3.05) is 0 Å². The number of nitrogens with zero attached hydrogens (tertiary/aromatic N) is 1. The number of aromatic carboxylic acids is 1. The van der Waals surface area contributed by atoms with Gasteiger partial charge in [-0.3, -0.25) is 10.1 Å². The third kappa shape index (κ3) is 4.39. The van der Waals surface area contributed by atoms with Gasteiger partial charge in [0.2, 0.25) is 0 Å². The zero-order chi connectivity index (χ0) is 18.6. The number of hydrogen-bond acceptors (Lipinski definition) is 6. The van der Waals surface area contributed by atoms with E-state index < -0.39 is 16.6 Å². The van der Waals surface area contributed by atoms with E-state index in [1.807, 2.05) is 6.92 Å². The van der Waals surface area contributed by atoms with Gasteiger partial charge >= 0.3 is 11.7 Å². The summed E-state index contributed by atoms with van der Waals surface area (Å²) in [4.78, 5) is 21.6. The molecule has 0 radical (unpaired) electrons. The number of aromatic hydroxyl groups is 1. The molecule has 0 aliphatic rings. The van der Waals surface area contributed by atoms with Crippen LogP contribution in [0.1, 0.15) is 55.6 Å². The maximum absolute atomic E-state index is 11.3. The van der Waals surface area contributed by atoms with Crippen LogP contribution in [-0.4, -0.2) is 27.2 Å². The third-order valence-electron chi connectivity index (χ3n) is 3.93. The average Bonchev–Trinajstić information content (AvgIpc) is 2.87. The minimum absolute atomic E-state index is 0.0960. The molecular weight excluding hydrogens is 346 g/mol. The van der Waals surface area contributed by atoms with Gasteiger partial charge in [0.1, 0.15) is 5.75 Å². The number of fused-ring (bicyclic) bond motifs is 1. The topological polar surface area (TPSA) is 110 Å². The summed E-state index contributed by atoms with van der Waals surface area (Å²) in [6.45, 7) is 3.98. The summed E-state index contributed by atoms with van der Waals surface area (Å²) in [5.74, 6) is -1.62. The molecule has 0 amide bonds. The lowest BCUT2D eigenvalue weighted by molar-refractivity contribution is -0.385. The number of nitro benzene ring substituents is 1. The van der Waals surface area contributed by atoms with E-state index in [1.165, 1.54) is 12.1 Å². The fourth-order valence-corrected chi connectivity index (χ4v) is 3.56. The van der Waals surface area contributed by atoms with Gasteiger partial charge in [-0.05, 0) is 19.8 Å². The van der Waals surface area contributed by atoms with Crippen LogP contribution in [0, 0.1) is 10.1 Å². The summed E-state index contributed by atoms with van der Waals surface area (Å²) in [6, 6.07) is 2.61. The molecule has 136 valence electrons. The first-order chi connectivity index (χ1) is 11.8. The van der Waals surface area contributed by atoms with E-state index in [0.29, 0.717) is 4.70 Å². The van der Waals surface area contributed by atoms with Crippen molar-refractivity contribution < 1.29 is 24.7 Å². The Kier molecular flexibility index (Phi) is 6.19. The summed E-state index contributed by atoms with van der Waals surface area (Å²) in [5.41, 5.74) is -0.280. The molecule has 0 unspecified atom stereocenters. The lowest BCUT2D eigenvalue weighted by Gasteiger charge is -2.14. The first-order valence-corrected chi connectivity index (χ1v) is 9.00. The van der Waals surface area contributed by atoms with Gasteiger partial charge in [-0.15, -0.1) is 11.3 Å². The van der Waals surface area contributed by atoms with E-state index in [0.717, 1.165) is 43.4 Å². The van der Waals surface area contributed by atoms with E-state index >= 15 is 0 Å². The van der Waals surface area contributed by atoms with Crippen molar-refractivity contribution in [3.8, 4) is 11.5 Å². The number of thiophene rings is 1. The Morgan fingerprint density at radius 2 is 2.08 bits per heavy atom. The normalized spacial score (nSPS) is 12.2. The summed E-state index contributed by atoms with van der Waals surface area (Å²) in [5, 5.41) is 30.5. The van der Waals surface area contributed by atoms with Crippen molar-refractivity contribution in [1.82, 2.24) is 0 Å². The smallest absolute Gasteiger partial charge is 0.349 e. The molecule has 2 N–H and O–H groups in total. The van der Waals surface area contributed by atoms with Crippen LogP contribution < -0.4 is 4.74 Å². The van der Waals surface area contributed by atoms with Gasteiger partial charge in [0.15, 0.2) is 10.6 Å².